The van der Waals surface area contributed by atoms with Crippen LogP contribution in [0.25, 0.3) is 21.9 Å². The quantitative estimate of drug-likeness (QED) is 0.685. The van der Waals surface area contributed by atoms with Crippen molar-refractivity contribution in [1.82, 2.24) is 9.80 Å². The van der Waals surface area contributed by atoms with Crippen molar-refractivity contribution < 1.29 is 14.0 Å². The summed E-state index contributed by atoms with van der Waals surface area (Å²) in [6.45, 7) is 7.94. The fourth-order valence-corrected chi connectivity index (χ4v) is 3.59. The molecule has 2 aromatic carbocycles. The van der Waals surface area contributed by atoms with E-state index in [2.05, 4.69) is 5.32 Å². The number of nitrogens with one attached hydrogen (secondary N) is 1. The fraction of sp³-hybridized carbons (Fsp3) is 0.364. The number of urea groups is 1. The third kappa shape index (κ3) is 3.42. The van der Waals surface area contributed by atoms with Gasteiger partial charge in [-0.1, -0.05) is 39.0 Å². The fourth-order valence-electron chi connectivity index (χ4n) is 3.59. The monoisotopic (exact) mass is 379 g/mol. The normalized spacial score (nSPS) is 15.2. The van der Waals surface area contributed by atoms with Crippen molar-refractivity contribution in [3.05, 3.63) is 42.5 Å². The Kier molecular flexibility index (Phi) is 4.49. The van der Waals surface area contributed by atoms with Gasteiger partial charge in [0.2, 0.25) is 5.91 Å². The highest BCUT2D eigenvalue weighted by Crippen LogP contribution is 2.30. The Hall–Kier alpha value is -3.02. The van der Waals surface area contributed by atoms with Gasteiger partial charge in [0, 0.05) is 54.1 Å². The van der Waals surface area contributed by atoms with Gasteiger partial charge >= 0.3 is 6.03 Å². The Morgan fingerprint density at radius 1 is 0.893 bits per heavy atom. The molecule has 6 nitrogen and oxygen atoms in total. The molecule has 6 heteroatoms. The van der Waals surface area contributed by atoms with Gasteiger partial charge < -0.3 is 19.5 Å². The molecule has 0 saturated carbocycles. The second-order valence-electron chi connectivity index (χ2n) is 8.27. The molecule has 0 radical (unpaired) electrons. The Labute approximate surface area is 164 Å². The van der Waals surface area contributed by atoms with Crippen LogP contribution in [0.1, 0.15) is 20.8 Å². The predicted molar refractivity (Wildman–Crippen MR) is 110 cm³/mol. The number of piperazine rings is 1. The zero-order valence-electron chi connectivity index (χ0n) is 16.5. The van der Waals surface area contributed by atoms with Crippen LogP contribution in [-0.4, -0.2) is 47.9 Å². The smallest absolute Gasteiger partial charge is 0.321 e. The Bertz CT molecular complexity index is 1040. The molecule has 3 aromatic rings. The highest BCUT2D eigenvalue weighted by Gasteiger charge is 2.30. The molecule has 3 amide bonds. The number of nitrogens with zero attached hydrogens (tertiary/aromatic N) is 2. The van der Waals surface area contributed by atoms with Crippen LogP contribution in [0.2, 0.25) is 0 Å². The number of para-hydroxylation sites is 1. The Morgan fingerprint density at radius 2 is 1.54 bits per heavy atom. The Morgan fingerprint density at radius 3 is 2.25 bits per heavy atom. The number of carbonyl (C=O) groups is 2. The number of hydrogen-bond acceptors (Lipinski definition) is 3. The largest absolute Gasteiger partial charge is 0.456 e. The second kappa shape index (κ2) is 6.86. The molecule has 1 fully saturated rings. The molecule has 0 unspecified atom stereocenters. The number of carbonyl (C=O) groups excluding carboxylic acids is 2. The average molecular weight is 379 g/mol. The second-order valence-corrected chi connectivity index (χ2v) is 8.27. The standard InChI is InChI=1S/C22H25N3O3/c1-22(2,3)20(26)24-10-12-25(13-11-24)21(27)23-15-8-9-17-16-6-4-5-7-18(16)28-19(17)14-15/h4-9,14H,10-13H2,1-3H3,(H,23,27). The van der Waals surface area contributed by atoms with Crippen molar-refractivity contribution in [3.63, 3.8) is 0 Å². The van der Waals surface area contributed by atoms with Crippen LogP contribution in [0.4, 0.5) is 10.5 Å². The molecule has 1 N–H and O–H groups in total. The van der Waals surface area contributed by atoms with Gasteiger partial charge in [0.25, 0.3) is 0 Å². The third-order valence-corrected chi connectivity index (χ3v) is 5.13. The lowest BCUT2D eigenvalue weighted by Crippen LogP contribution is -2.53. The van der Waals surface area contributed by atoms with E-state index < -0.39 is 5.41 Å². The van der Waals surface area contributed by atoms with E-state index in [1.807, 2.05) is 68.1 Å². The summed E-state index contributed by atoms with van der Waals surface area (Å²) in [4.78, 5) is 28.6. The molecular formula is C22H25N3O3. The van der Waals surface area contributed by atoms with Crippen LogP contribution in [0.3, 0.4) is 0 Å². The van der Waals surface area contributed by atoms with Gasteiger partial charge in [-0.2, -0.15) is 0 Å². The van der Waals surface area contributed by atoms with Gasteiger partial charge in [0.15, 0.2) is 0 Å². The molecule has 146 valence electrons. The summed E-state index contributed by atoms with van der Waals surface area (Å²) in [6, 6.07) is 13.4. The van der Waals surface area contributed by atoms with E-state index in [4.69, 9.17) is 4.42 Å². The number of anilines is 1. The number of fused-ring (bicyclic) bond motifs is 3. The summed E-state index contributed by atoms with van der Waals surface area (Å²) in [5.41, 5.74) is 1.89. The van der Waals surface area contributed by atoms with E-state index in [0.717, 1.165) is 21.9 Å². The SMILES string of the molecule is CC(C)(C)C(=O)N1CCN(C(=O)Nc2ccc3c(c2)oc2ccccc23)CC1. The summed E-state index contributed by atoms with van der Waals surface area (Å²) in [5, 5.41) is 5.04. The van der Waals surface area contributed by atoms with E-state index in [-0.39, 0.29) is 11.9 Å². The highest BCUT2D eigenvalue weighted by atomic mass is 16.3. The summed E-state index contributed by atoms with van der Waals surface area (Å²) in [5.74, 6) is 0.128. The van der Waals surface area contributed by atoms with Gasteiger partial charge in [-0.25, -0.2) is 4.79 Å². The zero-order chi connectivity index (χ0) is 19.9. The summed E-state index contributed by atoms with van der Waals surface area (Å²) >= 11 is 0. The van der Waals surface area contributed by atoms with E-state index in [1.54, 1.807) is 4.90 Å². The molecule has 1 aromatic heterocycles. The number of benzene rings is 2. The summed E-state index contributed by atoms with van der Waals surface area (Å²) < 4.78 is 5.88. The first-order valence-electron chi connectivity index (χ1n) is 9.59. The average Bonchev–Trinajstić information content (AvgIpc) is 3.04. The lowest BCUT2D eigenvalue weighted by Gasteiger charge is -2.37. The molecule has 1 aliphatic heterocycles. The maximum absolute atomic E-state index is 12.6. The molecule has 0 atom stereocenters. The van der Waals surface area contributed by atoms with Gasteiger partial charge in [-0.15, -0.1) is 0 Å². The van der Waals surface area contributed by atoms with Crippen molar-refractivity contribution in [2.24, 2.45) is 5.41 Å². The summed E-state index contributed by atoms with van der Waals surface area (Å²) in [6.07, 6.45) is 0. The lowest BCUT2D eigenvalue weighted by atomic mass is 9.94. The first kappa shape index (κ1) is 18.3. The topological polar surface area (TPSA) is 65.8 Å². The molecule has 0 spiro atoms. The van der Waals surface area contributed by atoms with Crippen LogP contribution >= 0.6 is 0 Å². The molecule has 4 rings (SSSR count). The molecule has 1 saturated heterocycles. The van der Waals surface area contributed by atoms with Crippen LogP contribution in [0.15, 0.2) is 46.9 Å². The molecule has 2 heterocycles. The maximum Gasteiger partial charge on any atom is 0.321 e. The predicted octanol–water partition coefficient (Wildman–Crippen LogP) is 4.31. The maximum atomic E-state index is 12.6. The van der Waals surface area contributed by atoms with Crippen molar-refractivity contribution >= 4 is 39.6 Å². The number of amides is 3. The van der Waals surface area contributed by atoms with E-state index >= 15 is 0 Å². The van der Waals surface area contributed by atoms with Crippen molar-refractivity contribution in [2.45, 2.75) is 20.8 Å². The third-order valence-electron chi connectivity index (χ3n) is 5.13. The van der Waals surface area contributed by atoms with E-state index in [0.29, 0.717) is 31.9 Å². The van der Waals surface area contributed by atoms with E-state index in [9.17, 15) is 9.59 Å². The van der Waals surface area contributed by atoms with Crippen molar-refractivity contribution in [3.8, 4) is 0 Å². The number of furan rings is 1. The zero-order valence-corrected chi connectivity index (χ0v) is 16.5. The van der Waals surface area contributed by atoms with Crippen molar-refractivity contribution in [1.29, 1.82) is 0 Å². The van der Waals surface area contributed by atoms with Gasteiger partial charge in [0.05, 0.1) is 0 Å². The van der Waals surface area contributed by atoms with E-state index in [1.165, 1.54) is 0 Å². The minimum atomic E-state index is -0.396. The number of hydrogen-bond donors (Lipinski definition) is 1. The first-order chi connectivity index (χ1) is 13.3. The highest BCUT2D eigenvalue weighted by molar-refractivity contribution is 6.06. The van der Waals surface area contributed by atoms with Gasteiger partial charge in [0.1, 0.15) is 11.2 Å². The first-order valence-corrected chi connectivity index (χ1v) is 9.59. The van der Waals surface area contributed by atoms with Crippen LogP contribution in [0, 0.1) is 5.41 Å². The van der Waals surface area contributed by atoms with Gasteiger partial charge in [-0.05, 0) is 18.2 Å². The number of rotatable bonds is 1. The minimum Gasteiger partial charge on any atom is -0.456 e. The van der Waals surface area contributed by atoms with Crippen LogP contribution in [-0.2, 0) is 4.79 Å². The minimum absolute atomic E-state index is 0.128. The van der Waals surface area contributed by atoms with Crippen LogP contribution < -0.4 is 5.32 Å². The molecule has 1 aliphatic rings. The van der Waals surface area contributed by atoms with Crippen LogP contribution in [0.5, 0.6) is 0 Å². The molecular weight excluding hydrogens is 354 g/mol. The molecule has 0 bridgehead atoms. The molecule has 28 heavy (non-hydrogen) atoms. The molecule has 0 aliphatic carbocycles. The summed E-state index contributed by atoms with van der Waals surface area (Å²) in [7, 11) is 0. The Balaban J connectivity index is 1.43. The van der Waals surface area contributed by atoms with Gasteiger partial charge in [-0.3, -0.25) is 4.79 Å². The lowest BCUT2D eigenvalue weighted by molar-refractivity contribution is -0.140. The van der Waals surface area contributed by atoms with Crippen molar-refractivity contribution in [2.75, 3.05) is 31.5 Å².